The van der Waals surface area contributed by atoms with Crippen LogP contribution in [0.15, 0.2) is 0 Å². The molecule has 0 radical (unpaired) electrons. The van der Waals surface area contributed by atoms with Gasteiger partial charge in [-0.25, -0.2) is 0 Å². The number of carbonyl (C=O) groups excluding carboxylic acids is 2. The van der Waals surface area contributed by atoms with Crippen molar-refractivity contribution in [3.05, 3.63) is 10.1 Å². The number of rotatable bonds is 4. The Hall–Kier alpha value is -1.66. The second-order valence-corrected chi connectivity index (χ2v) is 3.31. The van der Waals surface area contributed by atoms with E-state index in [9.17, 15) is 19.7 Å². The van der Waals surface area contributed by atoms with E-state index < -0.39 is 28.9 Å². The normalized spacial score (nSPS) is 24.7. The zero-order valence-corrected chi connectivity index (χ0v) is 8.17. The third-order valence-corrected chi connectivity index (χ3v) is 2.07. The van der Waals surface area contributed by atoms with Crippen LogP contribution in [0.3, 0.4) is 0 Å². The van der Waals surface area contributed by atoms with Gasteiger partial charge in [0.05, 0.1) is 12.3 Å². The van der Waals surface area contributed by atoms with Gasteiger partial charge in [-0.3, -0.25) is 19.7 Å². The van der Waals surface area contributed by atoms with Crippen molar-refractivity contribution in [2.75, 3.05) is 13.2 Å². The van der Waals surface area contributed by atoms with E-state index in [0.29, 0.717) is 0 Å². The van der Waals surface area contributed by atoms with E-state index in [1.54, 1.807) is 0 Å². The van der Waals surface area contributed by atoms with Crippen molar-refractivity contribution in [1.82, 2.24) is 0 Å². The number of ether oxygens (including phenoxy) is 2. The van der Waals surface area contributed by atoms with Crippen LogP contribution in [0.25, 0.3) is 0 Å². The number of esters is 2. The molecule has 0 unspecified atom stereocenters. The maximum absolute atomic E-state index is 10.9. The maximum Gasteiger partial charge on any atom is 0.306 e. The van der Waals surface area contributed by atoms with E-state index in [1.807, 2.05) is 0 Å². The average Bonchev–Trinajstić information content (AvgIpc) is 2.41. The van der Waals surface area contributed by atoms with Crippen molar-refractivity contribution in [2.45, 2.75) is 19.4 Å². The van der Waals surface area contributed by atoms with Gasteiger partial charge in [0.15, 0.2) is 0 Å². The summed E-state index contributed by atoms with van der Waals surface area (Å²) in [6, 6.07) is 0. The molecule has 15 heavy (non-hydrogen) atoms. The Balaban J connectivity index is 2.48. The van der Waals surface area contributed by atoms with Gasteiger partial charge in [-0.1, -0.05) is 0 Å². The predicted octanol–water partition coefficient (Wildman–Crippen LogP) is -0.242. The number of nitrogens with zero attached hydrogens (tertiary/aromatic N) is 1. The van der Waals surface area contributed by atoms with E-state index >= 15 is 0 Å². The molecule has 0 aromatic heterocycles. The highest BCUT2D eigenvalue weighted by atomic mass is 16.6. The minimum absolute atomic E-state index is 0.00686. The lowest BCUT2D eigenvalue weighted by Crippen LogP contribution is -2.28. The average molecular weight is 217 g/mol. The summed E-state index contributed by atoms with van der Waals surface area (Å²) in [5, 5.41) is 10.3. The molecule has 0 spiro atoms. The van der Waals surface area contributed by atoms with Crippen LogP contribution in [0, 0.1) is 16.0 Å². The zero-order chi connectivity index (χ0) is 11.4. The minimum Gasteiger partial charge on any atom is -0.462 e. The van der Waals surface area contributed by atoms with Crippen LogP contribution in [-0.2, 0) is 19.1 Å². The standard InChI is InChI=1S/C8H11NO6/c1-5(10)14-4-7-6(3-9(12)13)2-8(11)15-7/h6-7H,2-4H2,1H3/t6-,7+/m0/s1. The minimum atomic E-state index is -0.688. The van der Waals surface area contributed by atoms with Crippen molar-refractivity contribution in [1.29, 1.82) is 0 Å². The fourth-order valence-electron chi connectivity index (χ4n) is 1.40. The fraction of sp³-hybridized carbons (Fsp3) is 0.750. The van der Waals surface area contributed by atoms with Crippen LogP contribution in [-0.4, -0.2) is 36.1 Å². The molecule has 1 fully saturated rings. The highest BCUT2D eigenvalue weighted by Gasteiger charge is 2.38. The molecule has 7 heteroatoms. The van der Waals surface area contributed by atoms with Gasteiger partial charge in [-0.2, -0.15) is 0 Å². The second kappa shape index (κ2) is 4.72. The molecule has 0 amide bonds. The first-order valence-corrected chi connectivity index (χ1v) is 4.43. The third-order valence-electron chi connectivity index (χ3n) is 2.07. The van der Waals surface area contributed by atoms with Crippen LogP contribution in [0.4, 0.5) is 0 Å². The van der Waals surface area contributed by atoms with Crippen molar-refractivity contribution in [2.24, 2.45) is 5.92 Å². The summed E-state index contributed by atoms with van der Waals surface area (Å²) in [5.74, 6) is -1.50. The molecule has 7 nitrogen and oxygen atoms in total. The van der Waals surface area contributed by atoms with Crippen molar-refractivity contribution in [3.63, 3.8) is 0 Å². The number of carbonyl (C=O) groups is 2. The summed E-state index contributed by atoms with van der Waals surface area (Å²) in [6.07, 6.45) is -0.681. The predicted molar refractivity (Wildman–Crippen MR) is 46.5 cm³/mol. The number of hydrogen-bond donors (Lipinski definition) is 0. The monoisotopic (exact) mass is 217 g/mol. The third kappa shape index (κ3) is 3.53. The molecule has 0 aromatic carbocycles. The summed E-state index contributed by atoms with van der Waals surface area (Å²) in [5.41, 5.74) is 0. The van der Waals surface area contributed by atoms with Gasteiger partial charge >= 0.3 is 11.9 Å². The van der Waals surface area contributed by atoms with Gasteiger partial charge in [0.25, 0.3) is 0 Å². The molecule has 1 aliphatic rings. The molecule has 1 aliphatic heterocycles. The van der Waals surface area contributed by atoms with Gasteiger partial charge in [0.2, 0.25) is 6.54 Å². The van der Waals surface area contributed by atoms with Crippen LogP contribution in [0.1, 0.15) is 13.3 Å². The number of hydrogen-bond acceptors (Lipinski definition) is 6. The maximum atomic E-state index is 10.9. The molecule has 1 heterocycles. The lowest BCUT2D eigenvalue weighted by atomic mass is 10.0. The lowest BCUT2D eigenvalue weighted by molar-refractivity contribution is -0.489. The number of cyclic esters (lactones) is 1. The summed E-state index contributed by atoms with van der Waals surface area (Å²) in [7, 11) is 0. The molecule has 0 saturated carbocycles. The molecule has 0 N–H and O–H groups in total. The Morgan fingerprint density at radius 3 is 2.93 bits per heavy atom. The van der Waals surface area contributed by atoms with Gasteiger partial charge in [-0.05, 0) is 0 Å². The fourth-order valence-corrected chi connectivity index (χ4v) is 1.40. The first kappa shape index (κ1) is 11.4. The van der Waals surface area contributed by atoms with E-state index in [0.717, 1.165) is 0 Å². The molecule has 1 saturated heterocycles. The Morgan fingerprint density at radius 1 is 1.73 bits per heavy atom. The first-order chi connectivity index (χ1) is 6.99. The van der Waals surface area contributed by atoms with Crippen LogP contribution < -0.4 is 0 Å². The van der Waals surface area contributed by atoms with Gasteiger partial charge in [0.1, 0.15) is 12.7 Å². The van der Waals surface area contributed by atoms with Crippen molar-refractivity contribution >= 4 is 11.9 Å². The second-order valence-electron chi connectivity index (χ2n) is 3.31. The molecule has 1 rings (SSSR count). The largest absolute Gasteiger partial charge is 0.462 e. The summed E-state index contributed by atoms with van der Waals surface area (Å²) in [6.45, 7) is 0.760. The first-order valence-electron chi connectivity index (χ1n) is 4.43. The smallest absolute Gasteiger partial charge is 0.306 e. The highest BCUT2D eigenvalue weighted by molar-refractivity contribution is 5.72. The Bertz CT molecular complexity index is 289. The summed E-state index contributed by atoms with van der Waals surface area (Å²) < 4.78 is 9.45. The molecular formula is C8H11NO6. The van der Waals surface area contributed by atoms with Crippen LogP contribution in [0.5, 0.6) is 0 Å². The Morgan fingerprint density at radius 2 is 2.40 bits per heavy atom. The molecule has 0 aromatic rings. The van der Waals surface area contributed by atoms with Crippen molar-refractivity contribution < 1.29 is 24.0 Å². The van der Waals surface area contributed by atoms with Gasteiger partial charge in [0, 0.05) is 11.8 Å². The highest BCUT2D eigenvalue weighted by Crippen LogP contribution is 2.22. The lowest BCUT2D eigenvalue weighted by Gasteiger charge is -2.13. The van der Waals surface area contributed by atoms with E-state index in [-0.39, 0.29) is 19.6 Å². The topological polar surface area (TPSA) is 95.7 Å². The van der Waals surface area contributed by atoms with Crippen LogP contribution in [0.2, 0.25) is 0 Å². The van der Waals surface area contributed by atoms with Crippen LogP contribution >= 0.6 is 0 Å². The summed E-state index contributed by atoms with van der Waals surface area (Å²) >= 11 is 0. The zero-order valence-electron chi connectivity index (χ0n) is 8.17. The van der Waals surface area contributed by atoms with Gasteiger partial charge in [-0.15, -0.1) is 0 Å². The molecular weight excluding hydrogens is 206 g/mol. The molecule has 0 bridgehead atoms. The molecule has 84 valence electrons. The Kier molecular flexibility index (Phi) is 3.59. The Labute approximate surface area is 85.5 Å². The molecule has 0 aliphatic carbocycles. The van der Waals surface area contributed by atoms with Gasteiger partial charge < -0.3 is 9.47 Å². The SMILES string of the molecule is CC(=O)OC[C@H]1OC(=O)C[C@H]1C[N+](=O)[O-]. The van der Waals surface area contributed by atoms with E-state index in [1.165, 1.54) is 6.92 Å². The quantitative estimate of drug-likeness (QED) is 0.366. The van der Waals surface area contributed by atoms with Crippen molar-refractivity contribution in [3.8, 4) is 0 Å². The van der Waals surface area contributed by atoms with E-state index in [2.05, 4.69) is 4.74 Å². The number of nitro groups is 1. The molecule has 2 atom stereocenters. The summed E-state index contributed by atoms with van der Waals surface area (Å²) in [4.78, 5) is 31.2. The van der Waals surface area contributed by atoms with E-state index in [4.69, 9.17) is 4.74 Å².